The van der Waals surface area contributed by atoms with Gasteiger partial charge in [-0.15, -0.1) is 5.06 Å². The van der Waals surface area contributed by atoms with Gasteiger partial charge in [0, 0.05) is 0 Å². The Morgan fingerprint density at radius 3 is 2.29 bits per heavy atom. The Balaban J connectivity index is 2.22. The number of carbonyl (C=O) groups excluding carboxylic acids is 2. The van der Waals surface area contributed by atoms with Gasteiger partial charge in [0.05, 0.1) is 17.7 Å². The van der Waals surface area contributed by atoms with Gasteiger partial charge in [-0.3, -0.25) is 4.79 Å². The van der Waals surface area contributed by atoms with E-state index in [2.05, 4.69) is 27.7 Å². The number of nitrogens with zero attached hydrogens (tertiary/aromatic N) is 1. The summed E-state index contributed by atoms with van der Waals surface area (Å²) < 4.78 is 5.49. The lowest BCUT2D eigenvalue weighted by Gasteiger charge is -2.50. The zero-order valence-electron chi connectivity index (χ0n) is 15.5. The Morgan fingerprint density at radius 2 is 1.79 bits per heavy atom. The first-order valence-electron chi connectivity index (χ1n) is 8.72. The van der Waals surface area contributed by atoms with E-state index >= 15 is 0 Å². The van der Waals surface area contributed by atoms with E-state index < -0.39 is 5.97 Å². The molecule has 5 nitrogen and oxygen atoms in total. The summed E-state index contributed by atoms with van der Waals surface area (Å²) in [6, 6.07) is 0. The van der Waals surface area contributed by atoms with Crippen molar-refractivity contribution in [1.29, 1.82) is 0 Å². The Labute approximate surface area is 144 Å². The number of carbonyl (C=O) groups is 2. The van der Waals surface area contributed by atoms with Crippen LogP contribution in [0.2, 0.25) is 0 Å². The number of hydroxylamine groups is 2. The van der Waals surface area contributed by atoms with Gasteiger partial charge in [-0.2, -0.15) is 0 Å². The molecule has 0 aliphatic carbocycles. The summed E-state index contributed by atoms with van der Waals surface area (Å²) in [4.78, 5) is 30.3. The van der Waals surface area contributed by atoms with Crippen LogP contribution in [-0.4, -0.2) is 34.5 Å². The Bertz CT molecular complexity index is 556. The maximum Gasteiger partial charge on any atom is 0.360 e. The average molecular weight is 335 g/mol. The van der Waals surface area contributed by atoms with Gasteiger partial charge in [0.15, 0.2) is 5.78 Å². The third-order valence-corrected chi connectivity index (χ3v) is 4.70. The fourth-order valence-corrected chi connectivity index (χ4v) is 3.48. The lowest BCUT2D eigenvalue weighted by atomic mass is 9.82. The quantitative estimate of drug-likeness (QED) is 0.445. The van der Waals surface area contributed by atoms with Crippen LogP contribution in [0.25, 0.3) is 0 Å². The molecule has 1 fully saturated rings. The van der Waals surface area contributed by atoms with Gasteiger partial charge in [0.2, 0.25) is 0 Å². The van der Waals surface area contributed by atoms with Gasteiger partial charge in [-0.25, -0.2) is 4.79 Å². The standard InChI is InChI=1S/C19H29NO4/c1-14(21)16(13-15-9-6-7-12-23-15)17(22)24-20-18(2,3)10-8-11-19(20,4)5/h9,13H,6-8,10-12H2,1-5H3/b16-13+. The first kappa shape index (κ1) is 18.7. The lowest BCUT2D eigenvalue weighted by Crippen LogP contribution is -2.59. The molecular weight excluding hydrogens is 306 g/mol. The molecule has 5 heteroatoms. The van der Waals surface area contributed by atoms with Crippen LogP contribution in [0, 0.1) is 0 Å². The Morgan fingerprint density at radius 1 is 1.17 bits per heavy atom. The highest BCUT2D eigenvalue weighted by Crippen LogP contribution is 2.38. The van der Waals surface area contributed by atoms with E-state index in [0.717, 1.165) is 32.1 Å². The predicted molar refractivity (Wildman–Crippen MR) is 92.0 cm³/mol. The monoisotopic (exact) mass is 335 g/mol. The van der Waals surface area contributed by atoms with Crippen LogP contribution in [0.5, 0.6) is 0 Å². The third kappa shape index (κ3) is 4.26. The molecule has 134 valence electrons. The average Bonchev–Trinajstić information content (AvgIpc) is 2.49. The first-order valence-corrected chi connectivity index (χ1v) is 8.72. The van der Waals surface area contributed by atoms with Gasteiger partial charge in [0.25, 0.3) is 0 Å². The molecule has 2 heterocycles. The molecule has 0 aromatic heterocycles. The van der Waals surface area contributed by atoms with E-state index in [9.17, 15) is 9.59 Å². The summed E-state index contributed by atoms with van der Waals surface area (Å²) >= 11 is 0. The number of piperidine rings is 1. The van der Waals surface area contributed by atoms with Crippen LogP contribution in [-0.2, 0) is 19.2 Å². The maximum atomic E-state index is 12.7. The molecule has 24 heavy (non-hydrogen) atoms. The minimum absolute atomic E-state index is 0.0281. The van der Waals surface area contributed by atoms with E-state index in [1.807, 2.05) is 6.08 Å². The van der Waals surface area contributed by atoms with Crippen molar-refractivity contribution in [3.8, 4) is 0 Å². The second-order valence-electron chi connectivity index (χ2n) is 7.86. The molecule has 0 aromatic carbocycles. The van der Waals surface area contributed by atoms with E-state index in [0.29, 0.717) is 12.4 Å². The van der Waals surface area contributed by atoms with E-state index in [1.165, 1.54) is 13.0 Å². The number of hydrogen-bond donors (Lipinski definition) is 0. The Kier molecular flexibility index (Phi) is 5.53. The third-order valence-electron chi connectivity index (χ3n) is 4.70. The fourth-order valence-electron chi connectivity index (χ4n) is 3.48. The van der Waals surface area contributed by atoms with Crippen molar-refractivity contribution in [3.63, 3.8) is 0 Å². The molecule has 0 radical (unpaired) electrons. The second-order valence-corrected chi connectivity index (χ2v) is 7.86. The number of ketones is 1. The van der Waals surface area contributed by atoms with E-state index in [-0.39, 0.29) is 22.4 Å². The molecule has 0 N–H and O–H groups in total. The van der Waals surface area contributed by atoms with Gasteiger partial charge < -0.3 is 9.57 Å². The second kappa shape index (κ2) is 7.09. The van der Waals surface area contributed by atoms with Crippen LogP contribution >= 0.6 is 0 Å². The van der Waals surface area contributed by atoms with Crippen LogP contribution in [0.1, 0.15) is 66.7 Å². The zero-order valence-corrected chi connectivity index (χ0v) is 15.5. The molecule has 0 saturated carbocycles. The molecule has 2 aliphatic heterocycles. The largest absolute Gasteiger partial charge is 0.494 e. The molecule has 0 bridgehead atoms. The zero-order chi connectivity index (χ0) is 18.0. The number of rotatable bonds is 4. The number of Topliss-reactive ketones (excluding diaryl/α,β-unsaturated/α-hetero) is 1. The lowest BCUT2D eigenvalue weighted by molar-refractivity contribution is -0.262. The molecule has 2 aliphatic rings. The molecule has 0 amide bonds. The minimum atomic E-state index is -0.611. The van der Waals surface area contributed by atoms with Gasteiger partial charge in [-0.1, -0.05) is 0 Å². The normalized spacial score (nSPS) is 23.9. The molecule has 0 atom stereocenters. The van der Waals surface area contributed by atoms with Gasteiger partial charge in [0.1, 0.15) is 11.3 Å². The first-order chi connectivity index (χ1) is 11.1. The SMILES string of the molecule is CC(=O)/C(=C\C1=CCCCO1)C(=O)ON1C(C)(C)CCCC1(C)C. The molecule has 0 spiro atoms. The maximum absolute atomic E-state index is 12.7. The molecule has 0 unspecified atom stereocenters. The van der Waals surface area contributed by atoms with Crippen molar-refractivity contribution >= 4 is 11.8 Å². The van der Waals surface area contributed by atoms with Crippen molar-refractivity contribution in [2.45, 2.75) is 77.8 Å². The van der Waals surface area contributed by atoms with Crippen molar-refractivity contribution in [1.82, 2.24) is 5.06 Å². The molecule has 2 rings (SSSR count). The van der Waals surface area contributed by atoms with Gasteiger partial charge in [-0.05, 0) is 78.9 Å². The van der Waals surface area contributed by atoms with Crippen LogP contribution in [0.15, 0.2) is 23.5 Å². The highest BCUT2D eigenvalue weighted by molar-refractivity contribution is 6.16. The minimum Gasteiger partial charge on any atom is -0.494 e. The predicted octanol–water partition coefficient (Wildman–Crippen LogP) is 3.70. The molecule has 1 saturated heterocycles. The topological polar surface area (TPSA) is 55.8 Å². The molecule has 0 aromatic rings. The summed E-state index contributed by atoms with van der Waals surface area (Å²) in [5, 5.41) is 1.76. The van der Waals surface area contributed by atoms with E-state index in [4.69, 9.17) is 9.57 Å². The van der Waals surface area contributed by atoms with E-state index in [1.54, 1.807) is 5.06 Å². The van der Waals surface area contributed by atoms with Crippen molar-refractivity contribution in [2.75, 3.05) is 6.61 Å². The summed E-state index contributed by atoms with van der Waals surface area (Å²) in [5.41, 5.74) is -0.500. The van der Waals surface area contributed by atoms with Crippen LogP contribution < -0.4 is 0 Å². The van der Waals surface area contributed by atoms with Gasteiger partial charge >= 0.3 is 5.97 Å². The highest BCUT2D eigenvalue weighted by atomic mass is 16.7. The van der Waals surface area contributed by atoms with Crippen molar-refractivity contribution < 1.29 is 19.2 Å². The van der Waals surface area contributed by atoms with Crippen molar-refractivity contribution in [3.05, 3.63) is 23.5 Å². The summed E-state index contributed by atoms with van der Waals surface area (Å²) in [6.07, 6.45) is 8.21. The summed E-state index contributed by atoms with van der Waals surface area (Å²) in [5.74, 6) is -0.358. The number of ether oxygens (including phenoxy) is 1. The molecular formula is C19H29NO4. The van der Waals surface area contributed by atoms with Crippen LogP contribution in [0.3, 0.4) is 0 Å². The fraction of sp³-hybridized carbons (Fsp3) is 0.684. The number of allylic oxidation sites excluding steroid dienone is 2. The summed E-state index contributed by atoms with van der Waals surface area (Å²) in [7, 11) is 0. The Hall–Kier alpha value is -1.62. The van der Waals surface area contributed by atoms with Crippen molar-refractivity contribution in [2.24, 2.45) is 0 Å². The highest BCUT2D eigenvalue weighted by Gasteiger charge is 2.44. The number of hydrogen-bond acceptors (Lipinski definition) is 5. The smallest absolute Gasteiger partial charge is 0.360 e. The van der Waals surface area contributed by atoms with Crippen LogP contribution in [0.4, 0.5) is 0 Å². The summed E-state index contributed by atoms with van der Waals surface area (Å²) in [6.45, 7) is 10.2.